The van der Waals surface area contributed by atoms with E-state index in [1.165, 1.54) is 60.4 Å². The molecule has 1 aliphatic rings. The molecule has 2 aromatic carbocycles. The molecule has 1 aliphatic carbocycles. The molecule has 156 valence electrons. The molecule has 0 unspecified atom stereocenters. The number of nitro groups is 1. The van der Waals surface area contributed by atoms with Crippen molar-refractivity contribution < 1.29 is 19.2 Å². The first kappa shape index (κ1) is 21.2. The van der Waals surface area contributed by atoms with E-state index in [0.717, 1.165) is 18.4 Å². The van der Waals surface area contributed by atoms with Gasteiger partial charge in [0.25, 0.3) is 11.6 Å². The number of esters is 1. The van der Waals surface area contributed by atoms with E-state index in [4.69, 9.17) is 4.74 Å². The zero-order valence-corrected chi connectivity index (χ0v) is 16.8. The lowest BCUT2D eigenvalue weighted by Gasteiger charge is -2.20. The summed E-state index contributed by atoms with van der Waals surface area (Å²) in [4.78, 5) is 34.1. The van der Waals surface area contributed by atoms with Gasteiger partial charge in [0.1, 0.15) is 0 Å². The highest BCUT2D eigenvalue weighted by atomic mass is 16.6. The van der Waals surface area contributed by atoms with Crippen molar-refractivity contribution in [3.8, 4) is 0 Å². The number of nitrogens with one attached hydrogen (secondary N) is 1. The normalized spacial score (nSPS) is 14.0. The predicted octanol–water partition coefficient (Wildman–Crippen LogP) is 3.91. The summed E-state index contributed by atoms with van der Waals surface area (Å²) in [5, 5.41) is 13.5. The summed E-state index contributed by atoms with van der Waals surface area (Å²) in [6.07, 6.45) is 7.26. The molecule has 30 heavy (non-hydrogen) atoms. The first-order valence-corrected chi connectivity index (χ1v) is 9.93. The standard InChI is InChI=1S/C23H24N2O5/c1-16(19-10-9-18-4-2-3-5-20(18)14-19)24-22(26)15-30-23(27)13-8-17-6-11-21(12-7-17)25(28)29/h6-14,16H,2-5,15H2,1H3,(H,24,26)/b13-8+/t16-/m1/s1. The van der Waals surface area contributed by atoms with Crippen LogP contribution in [0.15, 0.2) is 48.5 Å². The van der Waals surface area contributed by atoms with Crippen LogP contribution in [0.1, 0.15) is 48.1 Å². The van der Waals surface area contributed by atoms with Crippen molar-refractivity contribution in [2.75, 3.05) is 6.61 Å². The summed E-state index contributed by atoms with van der Waals surface area (Å²) < 4.78 is 4.97. The van der Waals surface area contributed by atoms with Gasteiger partial charge < -0.3 is 10.1 Å². The van der Waals surface area contributed by atoms with Crippen molar-refractivity contribution in [1.29, 1.82) is 0 Å². The summed E-state index contributed by atoms with van der Waals surface area (Å²) in [5.41, 5.74) is 4.36. The number of rotatable bonds is 7. The third-order valence-electron chi connectivity index (χ3n) is 5.11. The smallest absolute Gasteiger partial charge is 0.331 e. The molecule has 0 bridgehead atoms. The second-order valence-corrected chi connectivity index (χ2v) is 7.31. The van der Waals surface area contributed by atoms with Crippen molar-refractivity contribution in [3.05, 3.63) is 80.9 Å². The highest BCUT2D eigenvalue weighted by Gasteiger charge is 2.15. The van der Waals surface area contributed by atoms with E-state index in [0.29, 0.717) is 5.56 Å². The van der Waals surface area contributed by atoms with Gasteiger partial charge in [-0.3, -0.25) is 14.9 Å². The maximum atomic E-state index is 12.1. The Morgan fingerprint density at radius 1 is 1.13 bits per heavy atom. The van der Waals surface area contributed by atoms with E-state index >= 15 is 0 Å². The molecule has 7 heteroatoms. The van der Waals surface area contributed by atoms with Gasteiger partial charge in [-0.15, -0.1) is 0 Å². The van der Waals surface area contributed by atoms with Gasteiger partial charge in [0.2, 0.25) is 0 Å². The van der Waals surface area contributed by atoms with Gasteiger partial charge >= 0.3 is 5.97 Å². The molecule has 0 aromatic heterocycles. The molecule has 3 rings (SSSR count). The first-order valence-electron chi connectivity index (χ1n) is 9.93. The molecule has 0 saturated heterocycles. The van der Waals surface area contributed by atoms with Gasteiger partial charge in [0.15, 0.2) is 6.61 Å². The molecule has 0 radical (unpaired) electrons. The molecule has 0 aliphatic heterocycles. The van der Waals surface area contributed by atoms with Gasteiger partial charge in [-0.1, -0.05) is 18.2 Å². The number of aryl methyl sites for hydroxylation is 2. The number of fused-ring (bicyclic) bond motifs is 1. The second-order valence-electron chi connectivity index (χ2n) is 7.31. The maximum Gasteiger partial charge on any atom is 0.331 e. The highest BCUT2D eigenvalue weighted by Crippen LogP contribution is 2.24. The van der Waals surface area contributed by atoms with Gasteiger partial charge in [-0.05, 0) is 73.1 Å². The van der Waals surface area contributed by atoms with Gasteiger partial charge in [0, 0.05) is 18.2 Å². The van der Waals surface area contributed by atoms with E-state index in [2.05, 4.69) is 17.4 Å². The van der Waals surface area contributed by atoms with Gasteiger partial charge in [0.05, 0.1) is 11.0 Å². The third-order valence-corrected chi connectivity index (χ3v) is 5.11. The van der Waals surface area contributed by atoms with Gasteiger partial charge in [-0.25, -0.2) is 4.79 Å². The number of carbonyl (C=O) groups is 2. The fourth-order valence-corrected chi connectivity index (χ4v) is 3.45. The Morgan fingerprint density at radius 3 is 2.53 bits per heavy atom. The van der Waals surface area contributed by atoms with Crippen molar-refractivity contribution >= 4 is 23.6 Å². The molecular formula is C23H24N2O5. The van der Waals surface area contributed by atoms with Crippen molar-refractivity contribution in [3.63, 3.8) is 0 Å². The summed E-state index contributed by atoms with van der Waals surface area (Å²) >= 11 is 0. The van der Waals surface area contributed by atoms with Crippen LogP contribution >= 0.6 is 0 Å². The summed E-state index contributed by atoms with van der Waals surface area (Å²) in [5.74, 6) is -1.04. The van der Waals surface area contributed by atoms with Crippen LogP contribution in [0.2, 0.25) is 0 Å². The van der Waals surface area contributed by atoms with Gasteiger partial charge in [-0.2, -0.15) is 0 Å². The van der Waals surface area contributed by atoms with Crippen LogP contribution in [0.25, 0.3) is 6.08 Å². The highest BCUT2D eigenvalue weighted by molar-refractivity contribution is 5.89. The number of hydrogen-bond acceptors (Lipinski definition) is 5. The van der Waals surface area contributed by atoms with Crippen LogP contribution in [0.5, 0.6) is 0 Å². The Bertz CT molecular complexity index is 966. The summed E-state index contributed by atoms with van der Waals surface area (Å²) in [6, 6.07) is 11.9. The topological polar surface area (TPSA) is 98.5 Å². The minimum atomic E-state index is -0.662. The third kappa shape index (κ3) is 5.76. The van der Waals surface area contributed by atoms with Crippen molar-refractivity contribution in [2.24, 2.45) is 0 Å². The SMILES string of the molecule is C[C@@H](NC(=O)COC(=O)/C=C/c1ccc([N+](=O)[O-])cc1)c1ccc2c(c1)CCCC2. The van der Waals surface area contributed by atoms with E-state index in [1.807, 2.05) is 13.0 Å². The number of ether oxygens (including phenoxy) is 1. The van der Waals surface area contributed by atoms with Crippen molar-refractivity contribution in [1.82, 2.24) is 5.32 Å². The lowest BCUT2D eigenvalue weighted by atomic mass is 9.89. The molecule has 0 spiro atoms. The Morgan fingerprint density at radius 2 is 1.83 bits per heavy atom. The number of non-ortho nitro benzene ring substituents is 1. The lowest BCUT2D eigenvalue weighted by molar-refractivity contribution is -0.384. The number of hydrogen-bond donors (Lipinski definition) is 1. The minimum absolute atomic E-state index is 0.0283. The summed E-state index contributed by atoms with van der Waals surface area (Å²) in [7, 11) is 0. The van der Waals surface area contributed by atoms with E-state index in [-0.39, 0.29) is 24.2 Å². The molecule has 7 nitrogen and oxygen atoms in total. The maximum absolute atomic E-state index is 12.1. The fourth-order valence-electron chi connectivity index (χ4n) is 3.45. The quantitative estimate of drug-likeness (QED) is 0.324. The fraction of sp³-hybridized carbons (Fsp3) is 0.304. The molecule has 0 saturated carbocycles. The number of carbonyl (C=O) groups excluding carboxylic acids is 2. The Kier molecular flexibility index (Phi) is 6.95. The average molecular weight is 408 g/mol. The second kappa shape index (κ2) is 9.82. The first-order chi connectivity index (χ1) is 14.4. The lowest BCUT2D eigenvalue weighted by Crippen LogP contribution is -2.31. The molecule has 1 atom stereocenters. The average Bonchev–Trinajstić information content (AvgIpc) is 2.76. The van der Waals surface area contributed by atoms with Crippen LogP contribution in [-0.2, 0) is 27.2 Å². The number of benzene rings is 2. The van der Waals surface area contributed by atoms with Crippen LogP contribution in [-0.4, -0.2) is 23.4 Å². The number of nitro benzene ring substituents is 1. The molecule has 1 amide bonds. The van der Waals surface area contributed by atoms with Crippen LogP contribution in [0.4, 0.5) is 5.69 Å². The van der Waals surface area contributed by atoms with Crippen LogP contribution in [0.3, 0.4) is 0 Å². The molecule has 2 aromatic rings. The molecule has 0 fully saturated rings. The van der Waals surface area contributed by atoms with Crippen LogP contribution < -0.4 is 5.32 Å². The van der Waals surface area contributed by atoms with E-state index in [9.17, 15) is 19.7 Å². The molecular weight excluding hydrogens is 384 g/mol. The van der Waals surface area contributed by atoms with Crippen LogP contribution in [0, 0.1) is 10.1 Å². The molecule has 1 N–H and O–H groups in total. The Labute approximate surface area is 174 Å². The predicted molar refractivity (Wildman–Crippen MR) is 113 cm³/mol. The van der Waals surface area contributed by atoms with E-state index < -0.39 is 10.9 Å². The Hall–Kier alpha value is -3.48. The Balaban J connectivity index is 1.46. The zero-order valence-electron chi connectivity index (χ0n) is 16.8. The largest absolute Gasteiger partial charge is 0.452 e. The van der Waals surface area contributed by atoms with E-state index in [1.54, 1.807) is 0 Å². The summed E-state index contributed by atoms with van der Waals surface area (Å²) in [6.45, 7) is 1.53. The number of amides is 1. The minimum Gasteiger partial charge on any atom is -0.452 e. The monoisotopic (exact) mass is 408 g/mol. The number of nitrogens with zero attached hydrogens (tertiary/aromatic N) is 1. The van der Waals surface area contributed by atoms with Crippen molar-refractivity contribution in [2.45, 2.75) is 38.6 Å². The molecule has 0 heterocycles. The zero-order chi connectivity index (χ0) is 21.5.